The van der Waals surface area contributed by atoms with E-state index in [9.17, 15) is 0 Å². The van der Waals surface area contributed by atoms with Crippen molar-refractivity contribution in [3.63, 3.8) is 0 Å². The van der Waals surface area contributed by atoms with E-state index in [1.165, 1.54) is 0 Å². The number of halogens is 2. The fourth-order valence-electron chi connectivity index (χ4n) is 1.68. The van der Waals surface area contributed by atoms with Gasteiger partial charge in [-0.3, -0.25) is 0 Å². The molecule has 4 heteroatoms. The van der Waals surface area contributed by atoms with Gasteiger partial charge in [-0.2, -0.15) is 0 Å². The van der Waals surface area contributed by atoms with Crippen molar-refractivity contribution in [3.8, 4) is 22.6 Å². The minimum absolute atomic E-state index is 0.588. The van der Waals surface area contributed by atoms with Crippen molar-refractivity contribution in [1.82, 2.24) is 0 Å². The maximum atomic E-state index is 6.23. The van der Waals surface area contributed by atoms with Gasteiger partial charge in [-0.05, 0) is 36.4 Å². The van der Waals surface area contributed by atoms with E-state index in [4.69, 9.17) is 32.7 Å². The molecule has 0 amide bonds. The van der Waals surface area contributed by atoms with Crippen molar-refractivity contribution in [1.29, 1.82) is 0 Å². The lowest BCUT2D eigenvalue weighted by molar-refractivity contribution is 0.414. The van der Waals surface area contributed by atoms with Crippen molar-refractivity contribution in [3.05, 3.63) is 46.4 Å². The summed E-state index contributed by atoms with van der Waals surface area (Å²) in [6.07, 6.45) is 0. The smallest absolute Gasteiger partial charge is 0.120 e. The summed E-state index contributed by atoms with van der Waals surface area (Å²) in [5.74, 6) is 1.45. The molecular formula is C14H12Cl2O2. The molecule has 0 unspecified atom stereocenters. The minimum atomic E-state index is 0.588. The Labute approximate surface area is 116 Å². The van der Waals surface area contributed by atoms with Gasteiger partial charge in [0.05, 0.1) is 19.2 Å². The number of ether oxygens (including phenoxy) is 2. The fourth-order valence-corrected chi connectivity index (χ4v) is 2.17. The van der Waals surface area contributed by atoms with Crippen LogP contribution >= 0.6 is 23.2 Å². The van der Waals surface area contributed by atoms with Crippen LogP contribution in [0.25, 0.3) is 11.1 Å². The summed E-state index contributed by atoms with van der Waals surface area (Å²) in [7, 11) is 3.21. The zero-order valence-corrected chi connectivity index (χ0v) is 11.5. The highest BCUT2D eigenvalue weighted by Gasteiger charge is 2.10. The summed E-state index contributed by atoms with van der Waals surface area (Å²) < 4.78 is 10.3. The van der Waals surface area contributed by atoms with Gasteiger partial charge in [0.1, 0.15) is 11.5 Å². The Hall–Kier alpha value is -1.38. The third-order valence-electron chi connectivity index (χ3n) is 2.64. The average Bonchev–Trinajstić information content (AvgIpc) is 2.39. The van der Waals surface area contributed by atoms with E-state index in [0.717, 1.165) is 16.9 Å². The van der Waals surface area contributed by atoms with Crippen molar-refractivity contribution in [2.45, 2.75) is 0 Å². The molecule has 2 rings (SSSR count). The lowest BCUT2D eigenvalue weighted by Crippen LogP contribution is -1.88. The SMILES string of the molecule is COc1ccc(-c2cc(OC)ccc2Cl)c(Cl)c1. The molecule has 2 aromatic rings. The number of hydrogen-bond donors (Lipinski definition) is 0. The van der Waals surface area contributed by atoms with Crippen LogP contribution in [0.1, 0.15) is 0 Å². The monoisotopic (exact) mass is 282 g/mol. The predicted molar refractivity (Wildman–Crippen MR) is 75.0 cm³/mol. The molecule has 0 atom stereocenters. The number of rotatable bonds is 3. The Kier molecular flexibility index (Phi) is 4.00. The van der Waals surface area contributed by atoms with Crippen LogP contribution in [0.4, 0.5) is 0 Å². The highest BCUT2D eigenvalue weighted by molar-refractivity contribution is 6.36. The predicted octanol–water partition coefficient (Wildman–Crippen LogP) is 4.68. The molecule has 0 fully saturated rings. The molecule has 0 N–H and O–H groups in total. The van der Waals surface area contributed by atoms with Crippen LogP contribution < -0.4 is 9.47 Å². The molecular weight excluding hydrogens is 271 g/mol. The van der Waals surface area contributed by atoms with Gasteiger partial charge in [0.15, 0.2) is 0 Å². The third-order valence-corrected chi connectivity index (χ3v) is 3.28. The van der Waals surface area contributed by atoms with E-state index in [0.29, 0.717) is 15.8 Å². The maximum absolute atomic E-state index is 6.23. The molecule has 18 heavy (non-hydrogen) atoms. The van der Waals surface area contributed by atoms with E-state index in [2.05, 4.69) is 0 Å². The number of benzene rings is 2. The Morgan fingerprint density at radius 2 is 1.33 bits per heavy atom. The second kappa shape index (κ2) is 5.51. The fraction of sp³-hybridized carbons (Fsp3) is 0.143. The van der Waals surface area contributed by atoms with Crippen molar-refractivity contribution >= 4 is 23.2 Å². The lowest BCUT2D eigenvalue weighted by Gasteiger charge is -2.10. The molecule has 0 saturated heterocycles. The van der Waals surface area contributed by atoms with Crippen LogP contribution in [0.5, 0.6) is 11.5 Å². The summed E-state index contributed by atoms with van der Waals surface area (Å²) in [5.41, 5.74) is 1.69. The molecule has 0 aliphatic heterocycles. The van der Waals surface area contributed by atoms with Gasteiger partial charge in [0.2, 0.25) is 0 Å². The second-order valence-corrected chi connectivity index (χ2v) is 4.51. The molecule has 2 nitrogen and oxygen atoms in total. The van der Waals surface area contributed by atoms with Crippen LogP contribution in [0.15, 0.2) is 36.4 Å². The third kappa shape index (κ3) is 2.55. The van der Waals surface area contributed by atoms with E-state index < -0.39 is 0 Å². The van der Waals surface area contributed by atoms with Gasteiger partial charge in [-0.25, -0.2) is 0 Å². The van der Waals surface area contributed by atoms with Crippen LogP contribution in [0.3, 0.4) is 0 Å². The minimum Gasteiger partial charge on any atom is -0.497 e. The molecule has 0 aromatic heterocycles. The first-order valence-corrected chi connectivity index (χ1v) is 6.08. The van der Waals surface area contributed by atoms with E-state index in [-0.39, 0.29) is 0 Å². The quantitative estimate of drug-likeness (QED) is 0.814. The molecule has 0 aliphatic carbocycles. The Bertz CT molecular complexity index is 568. The Balaban J connectivity index is 2.54. The van der Waals surface area contributed by atoms with E-state index in [1.54, 1.807) is 26.4 Å². The standard InChI is InChI=1S/C14H12Cl2O2/c1-17-9-4-6-13(15)12(7-9)11-5-3-10(18-2)8-14(11)16/h3-8H,1-2H3. The van der Waals surface area contributed by atoms with Crippen molar-refractivity contribution in [2.75, 3.05) is 14.2 Å². The summed E-state index contributed by atoms with van der Waals surface area (Å²) in [6, 6.07) is 10.9. The zero-order chi connectivity index (χ0) is 13.1. The first kappa shape index (κ1) is 13.1. The highest BCUT2D eigenvalue weighted by Crippen LogP contribution is 2.37. The lowest BCUT2D eigenvalue weighted by atomic mass is 10.1. The largest absolute Gasteiger partial charge is 0.497 e. The molecule has 0 radical (unpaired) electrons. The molecule has 2 aromatic carbocycles. The van der Waals surface area contributed by atoms with Crippen LogP contribution in [0, 0.1) is 0 Å². The normalized spacial score (nSPS) is 10.2. The number of hydrogen-bond acceptors (Lipinski definition) is 2. The average molecular weight is 283 g/mol. The highest BCUT2D eigenvalue weighted by atomic mass is 35.5. The van der Waals surface area contributed by atoms with Crippen LogP contribution in [0.2, 0.25) is 10.0 Å². The van der Waals surface area contributed by atoms with Crippen molar-refractivity contribution < 1.29 is 9.47 Å². The Morgan fingerprint density at radius 1 is 0.722 bits per heavy atom. The van der Waals surface area contributed by atoms with E-state index >= 15 is 0 Å². The molecule has 0 aliphatic rings. The zero-order valence-electron chi connectivity index (χ0n) is 10.0. The molecule has 0 spiro atoms. The number of methoxy groups -OCH3 is 2. The van der Waals surface area contributed by atoms with Gasteiger partial charge in [-0.1, -0.05) is 23.2 Å². The van der Waals surface area contributed by atoms with E-state index in [1.807, 2.05) is 24.3 Å². The first-order valence-electron chi connectivity index (χ1n) is 5.33. The second-order valence-electron chi connectivity index (χ2n) is 3.69. The first-order chi connectivity index (χ1) is 8.65. The van der Waals surface area contributed by atoms with Gasteiger partial charge in [-0.15, -0.1) is 0 Å². The molecule has 94 valence electrons. The van der Waals surface area contributed by atoms with Gasteiger partial charge < -0.3 is 9.47 Å². The molecule has 0 heterocycles. The van der Waals surface area contributed by atoms with Gasteiger partial charge >= 0.3 is 0 Å². The summed E-state index contributed by atoms with van der Waals surface area (Å²) in [5, 5.41) is 1.22. The topological polar surface area (TPSA) is 18.5 Å². The van der Waals surface area contributed by atoms with Crippen molar-refractivity contribution in [2.24, 2.45) is 0 Å². The summed E-state index contributed by atoms with van der Waals surface area (Å²) in [4.78, 5) is 0. The van der Waals surface area contributed by atoms with Crippen LogP contribution in [-0.4, -0.2) is 14.2 Å². The van der Waals surface area contributed by atoms with Gasteiger partial charge in [0, 0.05) is 16.1 Å². The van der Waals surface area contributed by atoms with Gasteiger partial charge in [0.25, 0.3) is 0 Å². The summed E-state index contributed by atoms with van der Waals surface area (Å²) in [6.45, 7) is 0. The van der Waals surface area contributed by atoms with Crippen LogP contribution in [-0.2, 0) is 0 Å². The summed E-state index contributed by atoms with van der Waals surface area (Å²) >= 11 is 12.4. The molecule has 0 bridgehead atoms. The maximum Gasteiger partial charge on any atom is 0.120 e. The Morgan fingerprint density at radius 3 is 1.94 bits per heavy atom. The molecule has 0 saturated carbocycles.